The highest BCUT2D eigenvalue weighted by Gasteiger charge is 2.28. The Morgan fingerprint density at radius 3 is 2.18 bits per heavy atom. The Morgan fingerprint density at radius 1 is 1.05 bits per heavy atom. The molecule has 0 spiro atoms. The molecule has 3 aromatic rings. The monoisotopic (exact) mass is 537 g/mol. The van der Waals surface area contributed by atoms with Crippen molar-refractivity contribution in [3.63, 3.8) is 0 Å². The Morgan fingerprint density at radius 2 is 1.64 bits per heavy atom. The molecule has 4 rings (SSSR count). The molecule has 0 unspecified atom stereocenters. The molecule has 0 atom stereocenters. The van der Waals surface area contributed by atoms with Crippen molar-refractivity contribution in [2.24, 2.45) is 0 Å². The molecule has 204 valence electrons. The molecule has 1 aliphatic rings. The van der Waals surface area contributed by atoms with Gasteiger partial charge in [-0.05, 0) is 30.5 Å². The number of hydrogen-bond acceptors (Lipinski definition) is 9. The van der Waals surface area contributed by atoms with Gasteiger partial charge in [-0.3, -0.25) is 19.8 Å². The van der Waals surface area contributed by atoms with Crippen LogP contribution in [0.5, 0.6) is 0 Å². The number of hydrogen-bond donors (Lipinski definition) is 2. The normalized spacial score (nSPS) is 13.9. The van der Waals surface area contributed by atoms with Crippen LogP contribution in [0.2, 0.25) is 0 Å². The zero-order valence-corrected chi connectivity index (χ0v) is 21.0. The van der Waals surface area contributed by atoms with Crippen LogP contribution in [-0.2, 0) is 16.1 Å². The third kappa shape index (κ3) is 8.57. The number of likely N-dealkylation sites (tertiary alicyclic amines) is 1. The highest BCUT2D eigenvalue weighted by molar-refractivity contribution is 5.91. The van der Waals surface area contributed by atoms with Gasteiger partial charge in [-0.2, -0.15) is 4.98 Å². The number of rotatable bonds is 8. The molecule has 13 heteroatoms. The fourth-order valence-corrected chi connectivity index (χ4v) is 3.93. The zero-order valence-electron chi connectivity index (χ0n) is 21.0. The Kier molecular flexibility index (Phi) is 9.98. The van der Waals surface area contributed by atoms with Crippen molar-refractivity contribution in [2.45, 2.75) is 25.4 Å². The maximum Gasteiger partial charge on any atom is 0.328 e. The Labute approximate surface area is 223 Å². The van der Waals surface area contributed by atoms with Gasteiger partial charge in [0, 0.05) is 62.6 Å². The Bertz CT molecular complexity index is 1300. The number of aliphatic carboxylic acids is 2. The van der Waals surface area contributed by atoms with Gasteiger partial charge >= 0.3 is 11.9 Å². The highest BCUT2D eigenvalue weighted by atomic mass is 16.6. The molecular formula is C26H27N5O8. The lowest BCUT2D eigenvalue weighted by molar-refractivity contribution is -0.384. The summed E-state index contributed by atoms with van der Waals surface area (Å²) in [5.74, 6) is -2.66. The number of benzene rings is 2. The highest BCUT2D eigenvalue weighted by Crippen LogP contribution is 2.22. The number of carboxylic acids is 2. The number of nitrogens with zero attached hydrogens (tertiary/aromatic N) is 5. The Balaban J connectivity index is 0.000000459. The zero-order chi connectivity index (χ0) is 28.4. The molecule has 2 N–H and O–H groups in total. The molecule has 1 saturated heterocycles. The standard InChI is InChI=1S/C22H23N5O4.C4H4O4/c1-25(18-11-13-26(14-12-18)15-16-5-3-2-4-6-16)22(28)20-23-21(31-24-20)17-7-9-19(10-8-17)27(29)30;5-3(6)1-2-4(7)8/h2-10,18H,11-15H2,1H3;1-2H,(H,5,6)(H,7,8)/b;2-1+. The summed E-state index contributed by atoms with van der Waals surface area (Å²) >= 11 is 0. The lowest BCUT2D eigenvalue weighted by Crippen LogP contribution is -2.45. The van der Waals surface area contributed by atoms with Gasteiger partial charge in [0.25, 0.3) is 23.3 Å². The number of aromatic nitrogens is 2. The van der Waals surface area contributed by atoms with Crippen molar-refractivity contribution in [3.05, 3.63) is 88.3 Å². The number of nitro benzene ring substituents is 1. The number of carbonyl (C=O) groups excluding carboxylic acids is 1. The lowest BCUT2D eigenvalue weighted by atomic mass is 10.0. The lowest BCUT2D eigenvalue weighted by Gasteiger charge is -2.36. The fraction of sp³-hybridized carbons (Fsp3) is 0.269. The van der Waals surface area contributed by atoms with Gasteiger partial charge in [0.15, 0.2) is 0 Å². The van der Waals surface area contributed by atoms with Crippen LogP contribution in [0.3, 0.4) is 0 Å². The van der Waals surface area contributed by atoms with E-state index in [2.05, 4.69) is 27.2 Å². The summed E-state index contributed by atoms with van der Waals surface area (Å²) in [6.45, 7) is 2.74. The van der Waals surface area contributed by atoms with Crippen LogP contribution in [0, 0.1) is 10.1 Å². The molecule has 13 nitrogen and oxygen atoms in total. The molecule has 1 aliphatic heterocycles. The van der Waals surface area contributed by atoms with Crippen molar-refractivity contribution in [2.75, 3.05) is 20.1 Å². The second-order valence-corrected chi connectivity index (χ2v) is 8.65. The maximum atomic E-state index is 12.8. The van der Waals surface area contributed by atoms with Gasteiger partial charge in [-0.1, -0.05) is 35.5 Å². The topological polar surface area (TPSA) is 180 Å². The van der Waals surface area contributed by atoms with E-state index in [-0.39, 0.29) is 29.4 Å². The first kappa shape index (κ1) is 28.7. The quantitative estimate of drug-likeness (QED) is 0.245. The van der Waals surface area contributed by atoms with E-state index in [9.17, 15) is 24.5 Å². The molecule has 2 aromatic carbocycles. The summed E-state index contributed by atoms with van der Waals surface area (Å²) < 4.78 is 5.21. The number of nitro groups is 1. The van der Waals surface area contributed by atoms with Crippen molar-refractivity contribution in [1.29, 1.82) is 0 Å². The smallest absolute Gasteiger partial charge is 0.328 e. The van der Waals surface area contributed by atoms with E-state index in [1.165, 1.54) is 29.8 Å². The summed E-state index contributed by atoms with van der Waals surface area (Å²) in [7, 11) is 1.77. The van der Waals surface area contributed by atoms with E-state index < -0.39 is 16.9 Å². The van der Waals surface area contributed by atoms with E-state index in [1.807, 2.05) is 18.2 Å². The molecule has 39 heavy (non-hydrogen) atoms. The van der Waals surface area contributed by atoms with Crippen LogP contribution >= 0.6 is 0 Å². The molecule has 1 aromatic heterocycles. The van der Waals surface area contributed by atoms with E-state index in [0.717, 1.165) is 32.5 Å². The van der Waals surface area contributed by atoms with Crippen LogP contribution in [0.4, 0.5) is 5.69 Å². The van der Waals surface area contributed by atoms with Gasteiger partial charge < -0.3 is 19.6 Å². The predicted octanol–water partition coefficient (Wildman–Crippen LogP) is 3.09. The van der Waals surface area contributed by atoms with Gasteiger partial charge in [0.2, 0.25) is 0 Å². The molecule has 0 saturated carbocycles. The number of non-ortho nitro benzene ring substituents is 1. The van der Waals surface area contributed by atoms with E-state index in [0.29, 0.717) is 17.7 Å². The molecule has 1 fully saturated rings. The molecule has 2 heterocycles. The van der Waals surface area contributed by atoms with Crippen LogP contribution in [0.25, 0.3) is 11.5 Å². The summed E-state index contributed by atoms with van der Waals surface area (Å²) in [5, 5.41) is 30.2. The van der Waals surface area contributed by atoms with Crippen LogP contribution in [0.1, 0.15) is 29.0 Å². The molecular weight excluding hydrogens is 510 g/mol. The second-order valence-electron chi connectivity index (χ2n) is 8.65. The van der Waals surface area contributed by atoms with Crippen LogP contribution < -0.4 is 0 Å². The average molecular weight is 538 g/mol. The minimum Gasteiger partial charge on any atom is -0.478 e. The summed E-state index contributed by atoms with van der Waals surface area (Å²) in [5.41, 5.74) is 1.78. The number of amides is 1. The third-order valence-corrected chi connectivity index (χ3v) is 5.99. The minimum atomic E-state index is -1.26. The number of carbonyl (C=O) groups is 3. The second kappa shape index (κ2) is 13.6. The SMILES string of the molecule is CN(C(=O)c1noc(-c2ccc([N+](=O)[O-])cc2)n1)C1CCN(Cc2ccccc2)CC1.O=C(O)/C=C/C(=O)O. The molecule has 0 radical (unpaired) electrons. The van der Waals surface area contributed by atoms with Crippen LogP contribution in [0.15, 0.2) is 71.3 Å². The third-order valence-electron chi connectivity index (χ3n) is 5.99. The molecule has 0 bridgehead atoms. The van der Waals surface area contributed by atoms with Crippen molar-refractivity contribution < 1.29 is 34.0 Å². The largest absolute Gasteiger partial charge is 0.478 e. The van der Waals surface area contributed by atoms with Gasteiger partial charge in [-0.25, -0.2) is 9.59 Å². The Hall–Kier alpha value is -4.91. The molecule has 1 amide bonds. The van der Waals surface area contributed by atoms with E-state index >= 15 is 0 Å². The summed E-state index contributed by atoms with van der Waals surface area (Å²) in [6, 6.07) is 16.2. The van der Waals surface area contributed by atoms with E-state index in [1.54, 1.807) is 11.9 Å². The maximum absolute atomic E-state index is 12.8. The van der Waals surface area contributed by atoms with Crippen molar-refractivity contribution >= 4 is 23.5 Å². The van der Waals surface area contributed by atoms with E-state index in [4.69, 9.17) is 14.7 Å². The van der Waals surface area contributed by atoms with Gasteiger partial charge in [-0.15, -0.1) is 0 Å². The van der Waals surface area contributed by atoms with Gasteiger partial charge in [0.05, 0.1) is 4.92 Å². The minimum absolute atomic E-state index is 0.0115. The first-order valence-corrected chi connectivity index (χ1v) is 11.9. The number of piperidine rings is 1. The molecule has 0 aliphatic carbocycles. The van der Waals surface area contributed by atoms with Crippen molar-refractivity contribution in [3.8, 4) is 11.5 Å². The summed E-state index contributed by atoms with van der Waals surface area (Å²) in [4.78, 5) is 50.5. The van der Waals surface area contributed by atoms with Crippen molar-refractivity contribution in [1.82, 2.24) is 19.9 Å². The fourth-order valence-electron chi connectivity index (χ4n) is 3.93. The first-order valence-electron chi connectivity index (χ1n) is 11.9. The van der Waals surface area contributed by atoms with Crippen LogP contribution in [-0.4, -0.2) is 79.1 Å². The first-order chi connectivity index (χ1) is 18.6. The average Bonchev–Trinajstić information content (AvgIpc) is 3.43. The number of carboxylic acid groups (broad SMARTS) is 2. The van der Waals surface area contributed by atoms with Gasteiger partial charge in [0.1, 0.15) is 0 Å². The predicted molar refractivity (Wildman–Crippen MR) is 138 cm³/mol. The summed E-state index contributed by atoms with van der Waals surface area (Å²) in [6.07, 6.45) is 2.87.